The Bertz CT molecular complexity index is 1050. The Hall–Kier alpha value is -3.09. The van der Waals surface area contributed by atoms with E-state index < -0.39 is 36.1 Å². The topological polar surface area (TPSA) is 18.5 Å². The first kappa shape index (κ1) is 24.6. The SMILES string of the molecule is CCOc1ccc(-c2ccc(OC(F)(F)CCc3ccc(CC)cc3)c(F)c2C(F)F)cc1. The molecule has 0 unspecified atom stereocenters. The van der Waals surface area contributed by atoms with Crippen molar-refractivity contribution in [2.24, 2.45) is 0 Å². The highest BCUT2D eigenvalue weighted by molar-refractivity contribution is 5.69. The first-order valence-electron chi connectivity index (χ1n) is 10.7. The Morgan fingerprint density at radius 2 is 1.48 bits per heavy atom. The van der Waals surface area contributed by atoms with E-state index in [1.54, 1.807) is 31.2 Å². The minimum absolute atomic E-state index is 0.00934. The van der Waals surface area contributed by atoms with Gasteiger partial charge < -0.3 is 9.47 Å². The highest BCUT2D eigenvalue weighted by Gasteiger charge is 2.34. The van der Waals surface area contributed by atoms with Crippen molar-refractivity contribution >= 4 is 0 Å². The number of hydrogen-bond acceptors (Lipinski definition) is 2. The van der Waals surface area contributed by atoms with Gasteiger partial charge in [0.1, 0.15) is 5.75 Å². The molecule has 0 aliphatic rings. The second-order valence-corrected chi connectivity index (χ2v) is 7.51. The number of benzene rings is 3. The summed E-state index contributed by atoms with van der Waals surface area (Å²) in [4.78, 5) is 0. The van der Waals surface area contributed by atoms with Crippen molar-refractivity contribution in [1.82, 2.24) is 0 Å². The quantitative estimate of drug-likeness (QED) is 0.283. The van der Waals surface area contributed by atoms with Crippen molar-refractivity contribution in [3.63, 3.8) is 0 Å². The van der Waals surface area contributed by atoms with Gasteiger partial charge in [0.15, 0.2) is 11.6 Å². The summed E-state index contributed by atoms with van der Waals surface area (Å²) in [5.74, 6) is -1.88. The minimum Gasteiger partial charge on any atom is -0.494 e. The molecule has 0 radical (unpaired) electrons. The van der Waals surface area contributed by atoms with Gasteiger partial charge in [-0.15, -0.1) is 0 Å². The molecule has 0 atom stereocenters. The lowest BCUT2D eigenvalue weighted by molar-refractivity contribution is -0.181. The van der Waals surface area contributed by atoms with Gasteiger partial charge in [-0.05, 0) is 66.3 Å². The van der Waals surface area contributed by atoms with Crippen LogP contribution in [0, 0.1) is 5.82 Å². The molecule has 0 saturated carbocycles. The first-order valence-corrected chi connectivity index (χ1v) is 10.7. The molecule has 0 heterocycles. The van der Waals surface area contributed by atoms with Crippen LogP contribution < -0.4 is 9.47 Å². The van der Waals surface area contributed by atoms with Crippen molar-refractivity contribution < 1.29 is 31.4 Å². The number of ether oxygens (including phenoxy) is 2. The number of rotatable bonds is 10. The fourth-order valence-corrected chi connectivity index (χ4v) is 3.46. The average molecular weight is 464 g/mol. The molecule has 0 aliphatic heterocycles. The molecule has 0 spiro atoms. The fourth-order valence-electron chi connectivity index (χ4n) is 3.46. The van der Waals surface area contributed by atoms with Crippen molar-refractivity contribution in [3.8, 4) is 22.6 Å². The van der Waals surface area contributed by atoms with Crippen molar-refractivity contribution in [3.05, 3.63) is 83.2 Å². The summed E-state index contributed by atoms with van der Waals surface area (Å²) >= 11 is 0. The number of hydrogen-bond donors (Lipinski definition) is 0. The molecule has 0 saturated heterocycles. The molecule has 2 nitrogen and oxygen atoms in total. The van der Waals surface area contributed by atoms with E-state index in [1.807, 2.05) is 19.1 Å². The van der Waals surface area contributed by atoms with Crippen LogP contribution in [0.15, 0.2) is 60.7 Å². The lowest BCUT2D eigenvalue weighted by atomic mass is 9.98. The molecule has 176 valence electrons. The van der Waals surface area contributed by atoms with Gasteiger partial charge in [0, 0.05) is 0 Å². The summed E-state index contributed by atoms with van der Waals surface area (Å²) in [6, 6.07) is 15.5. The molecule has 3 rings (SSSR count). The van der Waals surface area contributed by atoms with Gasteiger partial charge in [-0.1, -0.05) is 43.3 Å². The van der Waals surface area contributed by atoms with Crippen LogP contribution in [-0.4, -0.2) is 12.7 Å². The maximum atomic E-state index is 14.9. The van der Waals surface area contributed by atoms with Crippen LogP contribution >= 0.6 is 0 Å². The van der Waals surface area contributed by atoms with E-state index in [2.05, 4.69) is 4.74 Å². The van der Waals surface area contributed by atoms with Gasteiger partial charge in [0.2, 0.25) is 0 Å². The highest BCUT2D eigenvalue weighted by Crippen LogP contribution is 2.39. The second-order valence-electron chi connectivity index (χ2n) is 7.51. The summed E-state index contributed by atoms with van der Waals surface area (Å²) in [6.07, 6.45) is -6.85. The summed E-state index contributed by atoms with van der Waals surface area (Å²) in [5, 5.41) is 0. The van der Waals surface area contributed by atoms with Gasteiger partial charge in [-0.25, -0.2) is 13.2 Å². The van der Waals surface area contributed by atoms with Crippen molar-refractivity contribution in [2.75, 3.05) is 6.61 Å². The van der Waals surface area contributed by atoms with Crippen LogP contribution in [0.4, 0.5) is 22.0 Å². The predicted octanol–water partition coefficient (Wildman–Crippen LogP) is 8.00. The molecular formula is C26H25F5O2. The van der Waals surface area contributed by atoms with Crippen LogP contribution in [0.25, 0.3) is 11.1 Å². The molecule has 3 aromatic rings. The van der Waals surface area contributed by atoms with Crippen LogP contribution in [0.3, 0.4) is 0 Å². The summed E-state index contributed by atoms with van der Waals surface area (Å²) in [6.45, 7) is 4.22. The number of halogens is 5. The Balaban J connectivity index is 1.80. The summed E-state index contributed by atoms with van der Waals surface area (Å²) in [7, 11) is 0. The summed E-state index contributed by atoms with van der Waals surface area (Å²) < 4.78 is 81.0. The molecule has 0 aliphatic carbocycles. The van der Waals surface area contributed by atoms with Gasteiger partial charge in [0.25, 0.3) is 6.43 Å². The Morgan fingerprint density at radius 3 is 2.06 bits per heavy atom. The smallest absolute Gasteiger partial charge is 0.398 e. The molecule has 0 bridgehead atoms. The zero-order valence-electron chi connectivity index (χ0n) is 18.4. The molecule has 0 N–H and O–H groups in total. The molecule has 0 fully saturated rings. The second kappa shape index (κ2) is 10.7. The largest absolute Gasteiger partial charge is 0.494 e. The van der Waals surface area contributed by atoms with Crippen LogP contribution in [0.1, 0.15) is 43.4 Å². The summed E-state index contributed by atoms with van der Waals surface area (Å²) in [5.41, 5.74) is 0.979. The number of aryl methyl sites for hydroxylation is 2. The van der Waals surface area contributed by atoms with E-state index >= 15 is 0 Å². The van der Waals surface area contributed by atoms with Gasteiger partial charge in [0.05, 0.1) is 18.6 Å². The molecular weight excluding hydrogens is 439 g/mol. The lowest BCUT2D eigenvalue weighted by Crippen LogP contribution is -2.26. The molecule has 7 heteroatoms. The van der Waals surface area contributed by atoms with Gasteiger partial charge in [-0.2, -0.15) is 8.78 Å². The zero-order valence-corrected chi connectivity index (χ0v) is 18.4. The normalized spacial score (nSPS) is 11.6. The van der Waals surface area contributed by atoms with E-state index in [0.717, 1.165) is 24.1 Å². The maximum Gasteiger partial charge on any atom is 0.398 e. The highest BCUT2D eigenvalue weighted by atomic mass is 19.3. The Kier molecular flexibility index (Phi) is 7.95. The predicted molar refractivity (Wildman–Crippen MR) is 118 cm³/mol. The fraction of sp³-hybridized carbons (Fsp3) is 0.308. The monoisotopic (exact) mass is 464 g/mol. The van der Waals surface area contributed by atoms with Crippen LogP contribution in [0.5, 0.6) is 11.5 Å². The molecule has 0 aromatic heterocycles. The number of alkyl halides is 4. The van der Waals surface area contributed by atoms with Crippen molar-refractivity contribution in [2.45, 2.75) is 45.6 Å². The van der Waals surface area contributed by atoms with E-state index in [1.165, 1.54) is 12.1 Å². The third-order valence-electron chi connectivity index (χ3n) is 5.23. The maximum absolute atomic E-state index is 14.9. The minimum atomic E-state index is -3.73. The third-order valence-corrected chi connectivity index (χ3v) is 5.23. The third kappa shape index (κ3) is 6.24. The van der Waals surface area contributed by atoms with E-state index in [-0.39, 0.29) is 12.0 Å². The van der Waals surface area contributed by atoms with Crippen LogP contribution in [-0.2, 0) is 12.8 Å². The molecule has 0 amide bonds. The van der Waals surface area contributed by atoms with E-state index in [4.69, 9.17) is 4.74 Å². The zero-order chi connectivity index (χ0) is 24.0. The van der Waals surface area contributed by atoms with Crippen LogP contribution in [0.2, 0.25) is 0 Å². The van der Waals surface area contributed by atoms with Gasteiger partial charge in [-0.3, -0.25) is 0 Å². The first-order chi connectivity index (χ1) is 15.7. The average Bonchev–Trinajstić information content (AvgIpc) is 2.80. The Morgan fingerprint density at radius 1 is 0.848 bits per heavy atom. The van der Waals surface area contributed by atoms with E-state index in [9.17, 15) is 22.0 Å². The van der Waals surface area contributed by atoms with E-state index in [0.29, 0.717) is 23.5 Å². The standard InChI is InChI=1S/C26H25F5O2/c1-3-17-5-7-18(8-6-17)15-16-26(30,31)33-22-14-13-21(23(24(22)27)25(28)29)19-9-11-20(12-10-19)32-4-2/h5-14,25H,3-4,15-16H2,1-2H3. The van der Waals surface area contributed by atoms with Gasteiger partial charge >= 0.3 is 6.11 Å². The Labute approximate surface area is 190 Å². The lowest BCUT2D eigenvalue weighted by Gasteiger charge is -2.20. The molecule has 3 aromatic carbocycles. The molecule has 33 heavy (non-hydrogen) atoms. The van der Waals surface area contributed by atoms with Crippen molar-refractivity contribution in [1.29, 1.82) is 0 Å².